The Bertz CT molecular complexity index is 274. The van der Waals surface area contributed by atoms with Crippen molar-refractivity contribution in [1.29, 1.82) is 0 Å². The highest BCUT2D eigenvalue weighted by Crippen LogP contribution is 2.12. The topological polar surface area (TPSA) is 82.0 Å². The lowest BCUT2D eigenvalue weighted by Crippen LogP contribution is -1.83. The molecule has 0 aromatic heterocycles. The Hall–Kier alpha value is -1.40. The summed E-state index contributed by atoms with van der Waals surface area (Å²) in [5.74, 6) is 0. The van der Waals surface area contributed by atoms with Crippen LogP contribution in [0, 0.1) is 0 Å². The van der Waals surface area contributed by atoms with Gasteiger partial charge in [0.2, 0.25) is 0 Å². The third-order valence-corrected chi connectivity index (χ3v) is 1.22. The van der Waals surface area contributed by atoms with E-state index in [9.17, 15) is 0 Å². The minimum atomic E-state index is -0.750. The number of nitrogens with zero attached hydrogens (tertiary/aromatic N) is 2. The van der Waals surface area contributed by atoms with Crippen LogP contribution in [0.3, 0.4) is 0 Å². The lowest BCUT2D eigenvalue weighted by molar-refractivity contribution is 0.448. The fraction of sp³-hybridized carbons (Fsp3) is 0. The summed E-state index contributed by atoms with van der Waals surface area (Å²) in [7, 11) is -0.750. The van der Waals surface area contributed by atoms with Crippen molar-refractivity contribution in [2.24, 2.45) is 0 Å². The van der Waals surface area contributed by atoms with Gasteiger partial charge in [0.1, 0.15) is 0 Å². The van der Waals surface area contributed by atoms with Gasteiger partial charge in [-0.15, -0.1) is 0 Å². The van der Waals surface area contributed by atoms with Gasteiger partial charge in [-0.25, -0.2) is 0 Å². The average Bonchev–Trinajstić information content (AvgIpc) is 2.52. The van der Waals surface area contributed by atoms with Crippen LogP contribution in [0.1, 0.15) is 0 Å². The molecule has 3 N–H and O–H groups in total. The van der Waals surface area contributed by atoms with Crippen molar-refractivity contribution >= 4 is 7.69 Å². The smallest absolute Gasteiger partial charge is 0.430 e. The van der Waals surface area contributed by atoms with Gasteiger partial charge in [0.25, 0.3) is 0 Å². The maximum absolute atomic E-state index is 7.12. The monoisotopic (exact) mass is 165 g/mol. The molecule has 0 radical (unpaired) electrons. The highest BCUT2D eigenvalue weighted by atomic mass is 16.4. The van der Waals surface area contributed by atoms with E-state index in [-0.39, 0.29) is 0 Å². The standard InChI is InChI=1S/C6H5N3.BH3O2/c1-3-7-5-2-4-8-9-6(1)5;2-1-3/h1-4,9H;1-3H. The molecule has 0 aromatic rings. The summed E-state index contributed by atoms with van der Waals surface area (Å²) in [6.45, 7) is 0. The van der Waals surface area contributed by atoms with Crippen LogP contribution in [-0.4, -0.2) is 32.9 Å². The minimum Gasteiger partial charge on any atom is -0.430 e. The molecule has 0 spiro atoms. The number of nitrogens with one attached hydrogen (secondary N) is 1. The zero-order valence-corrected chi connectivity index (χ0v) is 6.31. The van der Waals surface area contributed by atoms with Crippen LogP contribution < -0.4 is 0 Å². The van der Waals surface area contributed by atoms with Crippen molar-refractivity contribution in [1.82, 2.24) is 15.2 Å². The van der Waals surface area contributed by atoms with E-state index in [1.165, 1.54) is 0 Å². The molecule has 0 aromatic carbocycles. The van der Waals surface area contributed by atoms with Crippen LogP contribution in [0.25, 0.3) is 11.4 Å². The molecule has 0 amide bonds. The van der Waals surface area contributed by atoms with Gasteiger partial charge in [-0.05, 0) is 12.1 Å². The third-order valence-electron chi connectivity index (χ3n) is 1.22. The van der Waals surface area contributed by atoms with E-state index >= 15 is 0 Å². The summed E-state index contributed by atoms with van der Waals surface area (Å²) in [6, 6.07) is 3.76. The second-order valence-corrected chi connectivity index (χ2v) is 1.94. The largest absolute Gasteiger partial charge is 0.432 e. The summed E-state index contributed by atoms with van der Waals surface area (Å²) in [6.07, 6.45) is 3.44. The number of rotatable bonds is 0. The van der Waals surface area contributed by atoms with Crippen molar-refractivity contribution in [2.75, 3.05) is 0 Å². The summed E-state index contributed by atoms with van der Waals surface area (Å²) in [5, 5.41) is 20.9. The predicted molar refractivity (Wildman–Crippen MR) is 44.6 cm³/mol. The molecule has 0 bridgehead atoms. The second kappa shape index (κ2) is 4.48. The second-order valence-electron chi connectivity index (χ2n) is 1.94. The summed E-state index contributed by atoms with van der Waals surface area (Å²) in [5.41, 5.74) is 1.95. The molecule has 0 fully saturated rings. The molecule has 6 heteroatoms. The summed E-state index contributed by atoms with van der Waals surface area (Å²) in [4.78, 5) is 4.05. The molecule has 0 aliphatic carbocycles. The van der Waals surface area contributed by atoms with Gasteiger partial charge in [-0.2, -0.15) is 5.10 Å². The number of fused-ring (bicyclic) bond motifs is 1. The molecule has 12 heavy (non-hydrogen) atoms. The molecule has 2 heterocycles. The van der Waals surface area contributed by atoms with Gasteiger partial charge in [0.15, 0.2) is 0 Å². The van der Waals surface area contributed by atoms with Crippen molar-refractivity contribution in [3.8, 4) is 11.4 Å². The number of hydrogen-bond donors (Lipinski definition) is 3. The van der Waals surface area contributed by atoms with E-state index in [0.29, 0.717) is 0 Å². The van der Waals surface area contributed by atoms with Crippen molar-refractivity contribution in [2.45, 2.75) is 0 Å². The van der Waals surface area contributed by atoms with Gasteiger partial charge >= 0.3 is 7.69 Å². The molecule has 62 valence electrons. The fourth-order valence-corrected chi connectivity index (χ4v) is 0.789. The van der Waals surface area contributed by atoms with E-state index in [0.717, 1.165) is 11.4 Å². The van der Waals surface area contributed by atoms with E-state index in [2.05, 4.69) is 15.2 Å². The molecule has 0 saturated carbocycles. The molecular weight excluding hydrogens is 157 g/mol. The van der Waals surface area contributed by atoms with Gasteiger partial charge in [0.05, 0.1) is 11.4 Å². The highest BCUT2D eigenvalue weighted by molar-refractivity contribution is 6.13. The Kier molecular flexibility index (Phi) is 3.24. The molecule has 0 saturated heterocycles. The first-order valence-corrected chi connectivity index (χ1v) is 3.34. The SMILES string of the molecule is OBO.c1cc2nccc-2[nH]n1. The predicted octanol–water partition coefficient (Wildman–Crippen LogP) is -0.853. The fourth-order valence-electron chi connectivity index (χ4n) is 0.789. The van der Waals surface area contributed by atoms with Gasteiger partial charge in [-0.1, -0.05) is 0 Å². The van der Waals surface area contributed by atoms with Crippen LogP contribution >= 0.6 is 0 Å². The minimum absolute atomic E-state index is 0.750. The third kappa shape index (κ3) is 2.04. The molecule has 0 atom stereocenters. The lowest BCUT2D eigenvalue weighted by atomic mass is 10.3. The van der Waals surface area contributed by atoms with Gasteiger partial charge in [-0.3, -0.25) is 10.1 Å². The quantitative estimate of drug-likeness (QED) is 0.444. The van der Waals surface area contributed by atoms with Gasteiger partial charge < -0.3 is 10.0 Å². The number of H-pyrrole nitrogens is 1. The van der Waals surface area contributed by atoms with Crippen LogP contribution in [0.5, 0.6) is 0 Å². The lowest BCUT2D eigenvalue weighted by Gasteiger charge is -1.90. The first-order chi connectivity index (χ1) is 5.88. The van der Waals surface area contributed by atoms with E-state index in [1.807, 2.05) is 12.1 Å². The zero-order valence-electron chi connectivity index (χ0n) is 6.31. The van der Waals surface area contributed by atoms with E-state index in [4.69, 9.17) is 10.0 Å². The first-order valence-electron chi connectivity index (χ1n) is 3.34. The normalized spacial score (nSPS) is 8.83. The van der Waals surface area contributed by atoms with Crippen LogP contribution in [-0.2, 0) is 0 Å². The van der Waals surface area contributed by atoms with Crippen LogP contribution in [0.4, 0.5) is 0 Å². The van der Waals surface area contributed by atoms with Crippen LogP contribution in [0.15, 0.2) is 24.5 Å². The van der Waals surface area contributed by atoms with Crippen molar-refractivity contribution in [3.63, 3.8) is 0 Å². The molecule has 5 nitrogen and oxygen atoms in total. The maximum Gasteiger partial charge on any atom is 0.432 e. The molecule has 2 aliphatic rings. The maximum atomic E-state index is 7.12. The molecule has 2 aliphatic heterocycles. The van der Waals surface area contributed by atoms with Crippen LogP contribution in [0.2, 0.25) is 0 Å². The number of aromatic amines is 1. The Morgan fingerprint density at radius 2 is 2.00 bits per heavy atom. The summed E-state index contributed by atoms with van der Waals surface area (Å²) < 4.78 is 0. The molecule has 2 rings (SSSR count). The Morgan fingerprint density at radius 3 is 2.67 bits per heavy atom. The van der Waals surface area contributed by atoms with E-state index < -0.39 is 7.69 Å². The van der Waals surface area contributed by atoms with Crippen molar-refractivity contribution in [3.05, 3.63) is 24.5 Å². The number of hydrogen-bond acceptors (Lipinski definition) is 4. The molecule has 0 unspecified atom stereocenters. The Balaban J connectivity index is 0.000000213. The highest BCUT2D eigenvalue weighted by Gasteiger charge is 1.98. The zero-order chi connectivity index (χ0) is 8.81. The average molecular weight is 165 g/mol. The van der Waals surface area contributed by atoms with Gasteiger partial charge in [0, 0.05) is 12.4 Å². The number of aromatic nitrogens is 3. The van der Waals surface area contributed by atoms with E-state index in [1.54, 1.807) is 12.4 Å². The Labute approximate surface area is 69.7 Å². The molecular formula is C6H8BN3O2. The van der Waals surface area contributed by atoms with Crippen molar-refractivity contribution < 1.29 is 10.0 Å². The Morgan fingerprint density at radius 1 is 1.25 bits per heavy atom. The first kappa shape index (κ1) is 8.70. The summed E-state index contributed by atoms with van der Waals surface area (Å²) >= 11 is 0.